The Labute approximate surface area is 150 Å². The van der Waals surface area contributed by atoms with E-state index in [1.54, 1.807) is 24.3 Å². The van der Waals surface area contributed by atoms with Gasteiger partial charge in [0.25, 0.3) is 5.91 Å². The molecule has 0 heterocycles. The number of carboxylic acid groups (broad SMARTS) is 1. The minimum atomic E-state index is -0.890. The summed E-state index contributed by atoms with van der Waals surface area (Å²) in [6, 6.07) is 5.93. The number of thioether (sulfide) groups is 1. The van der Waals surface area contributed by atoms with Gasteiger partial charge in [-0.05, 0) is 18.1 Å². The highest BCUT2D eigenvalue weighted by Crippen LogP contribution is 2.15. The standard InChI is InChI=1S/C16H21ClN2O4S/c1-10(2)14(16(23)18-7-8-24-9-13(20)21)19-15(22)11-5-3-4-6-12(11)17/h3-6,10,14H,7-9H2,1-2H3,(H,18,23)(H,19,22)(H,20,21). The zero-order valence-corrected chi connectivity index (χ0v) is 15.1. The topological polar surface area (TPSA) is 95.5 Å². The highest BCUT2D eigenvalue weighted by Gasteiger charge is 2.25. The van der Waals surface area contributed by atoms with E-state index in [4.69, 9.17) is 16.7 Å². The van der Waals surface area contributed by atoms with E-state index in [0.29, 0.717) is 22.9 Å². The van der Waals surface area contributed by atoms with Gasteiger partial charge >= 0.3 is 5.97 Å². The van der Waals surface area contributed by atoms with E-state index in [0.717, 1.165) is 0 Å². The van der Waals surface area contributed by atoms with Crippen molar-refractivity contribution in [2.45, 2.75) is 19.9 Å². The van der Waals surface area contributed by atoms with E-state index >= 15 is 0 Å². The maximum absolute atomic E-state index is 12.3. The van der Waals surface area contributed by atoms with Crippen molar-refractivity contribution in [3.8, 4) is 0 Å². The van der Waals surface area contributed by atoms with Crippen molar-refractivity contribution >= 4 is 41.1 Å². The number of aliphatic carboxylic acids is 1. The lowest BCUT2D eigenvalue weighted by atomic mass is 10.0. The summed E-state index contributed by atoms with van der Waals surface area (Å²) in [6.45, 7) is 3.99. The molecule has 1 rings (SSSR count). The van der Waals surface area contributed by atoms with Gasteiger partial charge in [0, 0.05) is 12.3 Å². The van der Waals surface area contributed by atoms with E-state index in [2.05, 4.69) is 10.6 Å². The molecule has 0 fully saturated rings. The molecular weight excluding hydrogens is 352 g/mol. The monoisotopic (exact) mass is 372 g/mol. The highest BCUT2D eigenvalue weighted by molar-refractivity contribution is 7.99. The molecule has 1 atom stereocenters. The van der Waals surface area contributed by atoms with E-state index in [-0.39, 0.29) is 17.6 Å². The van der Waals surface area contributed by atoms with Gasteiger partial charge in [-0.15, -0.1) is 11.8 Å². The number of halogens is 1. The molecule has 8 heteroatoms. The predicted molar refractivity (Wildman–Crippen MR) is 95.5 cm³/mol. The van der Waals surface area contributed by atoms with Crippen LogP contribution in [-0.2, 0) is 9.59 Å². The first-order chi connectivity index (χ1) is 11.3. The van der Waals surface area contributed by atoms with Gasteiger partial charge < -0.3 is 15.7 Å². The van der Waals surface area contributed by atoms with Crippen LogP contribution in [0.5, 0.6) is 0 Å². The summed E-state index contributed by atoms with van der Waals surface area (Å²) in [6.07, 6.45) is 0. The average Bonchev–Trinajstić information content (AvgIpc) is 2.51. The fourth-order valence-electron chi connectivity index (χ4n) is 1.92. The number of benzene rings is 1. The molecule has 0 aromatic heterocycles. The number of carbonyl (C=O) groups is 3. The van der Waals surface area contributed by atoms with Crippen molar-refractivity contribution in [2.24, 2.45) is 5.92 Å². The molecule has 24 heavy (non-hydrogen) atoms. The zero-order chi connectivity index (χ0) is 18.1. The van der Waals surface area contributed by atoms with Crippen LogP contribution in [0.3, 0.4) is 0 Å². The second-order valence-corrected chi connectivity index (χ2v) is 6.92. The molecule has 6 nitrogen and oxygen atoms in total. The van der Waals surface area contributed by atoms with E-state index in [1.165, 1.54) is 11.8 Å². The van der Waals surface area contributed by atoms with Crippen LogP contribution in [-0.4, -0.2) is 47.0 Å². The third-order valence-corrected chi connectivity index (χ3v) is 4.40. The quantitative estimate of drug-likeness (QED) is 0.576. The SMILES string of the molecule is CC(C)C(NC(=O)c1ccccc1Cl)C(=O)NCCSCC(=O)O. The lowest BCUT2D eigenvalue weighted by Crippen LogP contribution is -2.50. The van der Waals surface area contributed by atoms with Gasteiger partial charge in [0.05, 0.1) is 16.3 Å². The highest BCUT2D eigenvalue weighted by atomic mass is 35.5. The molecule has 0 spiro atoms. The Morgan fingerprint density at radius 2 is 1.92 bits per heavy atom. The number of nitrogens with one attached hydrogen (secondary N) is 2. The van der Waals surface area contributed by atoms with Crippen molar-refractivity contribution in [3.05, 3.63) is 34.9 Å². The Morgan fingerprint density at radius 3 is 2.50 bits per heavy atom. The minimum Gasteiger partial charge on any atom is -0.481 e. The van der Waals surface area contributed by atoms with Crippen LogP contribution in [0.2, 0.25) is 5.02 Å². The van der Waals surface area contributed by atoms with Crippen molar-refractivity contribution in [3.63, 3.8) is 0 Å². The maximum Gasteiger partial charge on any atom is 0.313 e. The molecule has 3 N–H and O–H groups in total. The Bertz CT molecular complexity index is 595. The first-order valence-corrected chi connectivity index (χ1v) is 8.98. The van der Waals surface area contributed by atoms with Gasteiger partial charge in [0.2, 0.25) is 5.91 Å². The van der Waals surface area contributed by atoms with Crippen molar-refractivity contribution < 1.29 is 19.5 Å². The van der Waals surface area contributed by atoms with Gasteiger partial charge in [0.1, 0.15) is 6.04 Å². The van der Waals surface area contributed by atoms with Crippen LogP contribution in [0.15, 0.2) is 24.3 Å². The van der Waals surface area contributed by atoms with Crippen LogP contribution in [0.25, 0.3) is 0 Å². The number of amides is 2. The summed E-state index contributed by atoms with van der Waals surface area (Å²) in [5, 5.41) is 14.3. The summed E-state index contributed by atoms with van der Waals surface area (Å²) < 4.78 is 0. The van der Waals surface area contributed by atoms with Crippen molar-refractivity contribution in [1.29, 1.82) is 0 Å². The summed E-state index contributed by atoms with van der Waals surface area (Å²) in [4.78, 5) is 35.0. The summed E-state index contributed by atoms with van der Waals surface area (Å²) in [5.41, 5.74) is 0.314. The zero-order valence-electron chi connectivity index (χ0n) is 13.5. The average molecular weight is 373 g/mol. The lowest BCUT2D eigenvalue weighted by molar-refractivity contribution is -0.133. The lowest BCUT2D eigenvalue weighted by Gasteiger charge is -2.22. The van der Waals surface area contributed by atoms with Crippen LogP contribution in [0, 0.1) is 5.92 Å². The van der Waals surface area contributed by atoms with Crippen LogP contribution < -0.4 is 10.6 Å². The fourth-order valence-corrected chi connectivity index (χ4v) is 2.70. The Hall–Kier alpha value is -1.73. The Kier molecular flexibility index (Phi) is 8.63. The third kappa shape index (κ3) is 6.80. The van der Waals surface area contributed by atoms with Crippen molar-refractivity contribution in [2.75, 3.05) is 18.1 Å². The second kappa shape index (κ2) is 10.2. The smallest absolute Gasteiger partial charge is 0.313 e. The number of rotatable bonds is 9. The molecule has 1 aromatic carbocycles. The molecule has 0 saturated carbocycles. The molecule has 2 amide bonds. The molecule has 0 aliphatic rings. The van der Waals surface area contributed by atoms with Gasteiger partial charge in [-0.25, -0.2) is 0 Å². The molecule has 1 aromatic rings. The molecule has 0 bridgehead atoms. The number of hydrogen-bond donors (Lipinski definition) is 3. The molecule has 0 saturated heterocycles. The molecule has 0 aliphatic carbocycles. The van der Waals surface area contributed by atoms with E-state index in [9.17, 15) is 14.4 Å². The number of carbonyl (C=O) groups excluding carboxylic acids is 2. The second-order valence-electron chi connectivity index (χ2n) is 5.41. The van der Waals surface area contributed by atoms with E-state index in [1.807, 2.05) is 13.8 Å². The summed E-state index contributed by atoms with van der Waals surface area (Å²) >= 11 is 7.21. The first-order valence-electron chi connectivity index (χ1n) is 7.45. The Morgan fingerprint density at radius 1 is 1.25 bits per heavy atom. The third-order valence-electron chi connectivity index (χ3n) is 3.13. The molecule has 0 aliphatic heterocycles. The summed E-state index contributed by atoms with van der Waals surface area (Å²) in [5.74, 6) is -1.23. The number of hydrogen-bond acceptors (Lipinski definition) is 4. The molecule has 1 unspecified atom stereocenters. The molecular formula is C16H21ClN2O4S. The van der Waals surface area contributed by atoms with Gasteiger partial charge in [-0.3, -0.25) is 14.4 Å². The maximum atomic E-state index is 12.3. The van der Waals surface area contributed by atoms with Crippen LogP contribution in [0.1, 0.15) is 24.2 Å². The van der Waals surface area contributed by atoms with Crippen molar-refractivity contribution in [1.82, 2.24) is 10.6 Å². The van der Waals surface area contributed by atoms with Gasteiger partial charge in [0.15, 0.2) is 0 Å². The fraction of sp³-hybridized carbons (Fsp3) is 0.438. The van der Waals surface area contributed by atoms with Crippen LogP contribution >= 0.6 is 23.4 Å². The van der Waals surface area contributed by atoms with Crippen LogP contribution in [0.4, 0.5) is 0 Å². The predicted octanol–water partition coefficient (Wildman–Crippen LogP) is 2.03. The normalized spacial score (nSPS) is 11.8. The number of carboxylic acids is 1. The van der Waals surface area contributed by atoms with E-state index < -0.39 is 17.9 Å². The largest absolute Gasteiger partial charge is 0.481 e. The molecule has 132 valence electrons. The minimum absolute atomic E-state index is 0.00722. The molecule has 0 radical (unpaired) electrons. The first kappa shape index (κ1) is 20.3. The summed E-state index contributed by atoms with van der Waals surface area (Å²) in [7, 11) is 0. The Balaban J connectivity index is 2.57. The van der Waals surface area contributed by atoms with Gasteiger partial charge in [-0.2, -0.15) is 0 Å². The van der Waals surface area contributed by atoms with Gasteiger partial charge in [-0.1, -0.05) is 37.6 Å².